The number of alkyl halides is 3. The molecule has 5 nitrogen and oxygen atoms in total. The van der Waals surface area contributed by atoms with Crippen LogP contribution in [-0.4, -0.2) is 25.5 Å². The van der Waals surface area contributed by atoms with Gasteiger partial charge in [0.05, 0.1) is 23.6 Å². The minimum absolute atomic E-state index is 0.0681. The number of aliphatic hydroxyl groups is 1. The summed E-state index contributed by atoms with van der Waals surface area (Å²) in [7, 11) is 3.13. The standard InChI is InChI=1S/C19H18ClF3N2O3/c1-24-15-6-3-10(7-16(15)25(2)18(24)28)17(27)13(9-19(21,22)23)12-5-4-11(26)8-14(12)20/h3-8,13,17,26-27H,9H2,1-2H3. The first-order valence-corrected chi connectivity index (χ1v) is 8.76. The molecule has 0 aliphatic carbocycles. The summed E-state index contributed by atoms with van der Waals surface area (Å²) in [5.41, 5.74) is 1.11. The summed E-state index contributed by atoms with van der Waals surface area (Å²) in [6.07, 6.45) is -7.37. The molecule has 9 heteroatoms. The number of aliphatic hydroxyl groups excluding tert-OH is 1. The zero-order valence-electron chi connectivity index (χ0n) is 15.0. The van der Waals surface area contributed by atoms with Crippen molar-refractivity contribution in [2.24, 2.45) is 14.1 Å². The number of benzene rings is 2. The van der Waals surface area contributed by atoms with Crippen LogP contribution in [0.4, 0.5) is 13.2 Å². The summed E-state index contributed by atoms with van der Waals surface area (Å²) in [5.74, 6) is -1.57. The number of hydrogen-bond donors (Lipinski definition) is 2. The summed E-state index contributed by atoms with van der Waals surface area (Å²) in [5, 5.41) is 20.2. The van der Waals surface area contributed by atoms with E-state index in [0.29, 0.717) is 11.0 Å². The van der Waals surface area contributed by atoms with E-state index in [0.717, 1.165) is 6.07 Å². The minimum Gasteiger partial charge on any atom is -0.508 e. The molecule has 0 amide bonds. The lowest BCUT2D eigenvalue weighted by atomic mass is 9.86. The summed E-state index contributed by atoms with van der Waals surface area (Å²) < 4.78 is 42.4. The number of halogens is 4. The number of aromatic nitrogens is 2. The van der Waals surface area contributed by atoms with E-state index in [1.165, 1.54) is 33.4 Å². The van der Waals surface area contributed by atoms with E-state index in [1.54, 1.807) is 20.2 Å². The Morgan fingerprint density at radius 1 is 1.07 bits per heavy atom. The smallest absolute Gasteiger partial charge is 0.389 e. The van der Waals surface area contributed by atoms with Gasteiger partial charge in [0, 0.05) is 25.0 Å². The van der Waals surface area contributed by atoms with Crippen LogP contribution in [0.2, 0.25) is 5.02 Å². The van der Waals surface area contributed by atoms with Crippen molar-refractivity contribution in [1.82, 2.24) is 9.13 Å². The average Bonchev–Trinajstić information content (AvgIpc) is 2.83. The second-order valence-electron chi connectivity index (χ2n) is 6.73. The zero-order chi connectivity index (χ0) is 20.8. The Balaban J connectivity index is 2.10. The Bertz CT molecular complexity index is 1090. The number of aryl methyl sites for hydroxylation is 2. The molecule has 2 N–H and O–H groups in total. The van der Waals surface area contributed by atoms with Gasteiger partial charge in [-0.2, -0.15) is 13.2 Å². The minimum atomic E-state index is -4.55. The number of phenolic OH excluding ortho intramolecular Hbond substituents is 1. The van der Waals surface area contributed by atoms with Gasteiger partial charge in [0.2, 0.25) is 0 Å². The molecular weight excluding hydrogens is 397 g/mol. The molecule has 28 heavy (non-hydrogen) atoms. The van der Waals surface area contributed by atoms with Crippen LogP contribution in [0.1, 0.15) is 29.6 Å². The SMILES string of the molecule is Cn1c(=O)n(C)c2cc(C(O)C(CC(F)(F)F)c3ccc(O)cc3Cl)ccc21. The van der Waals surface area contributed by atoms with Gasteiger partial charge < -0.3 is 10.2 Å². The van der Waals surface area contributed by atoms with E-state index in [1.807, 2.05) is 0 Å². The average molecular weight is 415 g/mol. The molecule has 0 fully saturated rings. The van der Waals surface area contributed by atoms with Gasteiger partial charge in [0.25, 0.3) is 0 Å². The topological polar surface area (TPSA) is 67.4 Å². The Hall–Kier alpha value is -2.45. The van der Waals surface area contributed by atoms with E-state index < -0.39 is 24.6 Å². The second kappa shape index (κ2) is 7.18. The van der Waals surface area contributed by atoms with Crippen molar-refractivity contribution in [3.8, 4) is 5.75 Å². The molecule has 0 aliphatic heterocycles. The van der Waals surface area contributed by atoms with E-state index in [2.05, 4.69) is 0 Å². The summed E-state index contributed by atoms with van der Waals surface area (Å²) >= 11 is 6.04. The van der Waals surface area contributed by atoms with E-state index in [4.69, 9.17) is 11.6 Å². The first-order chi connectivity index (χ1) is 13.0. The third-order valence-electron chi connectivity index (χ3n) is 4.85. The van der Waals surface area contributed by atoms with Gasteiger partial charge in [-0.25, -0.2) is 4.79 Å². The molecule has 0 spiro atoms. The second-order valence-corrected chi connectivity index (χ2v) is 7.13. The lowest BCUT2D eigenvalue weighted by Gasteiger charge is -2.26. The van der Waals surface area contributed by atoms with Gasteiger partial charge in [-0.3, -0.25) is 9.13 Å². The molecule has 3 rings (SSSR count). The highest BCUT2D eigenvalue weighted by Crippen LogP contribution is 2.43. The highest BCUT2D eigenvalue weighted by atomic mass is 35.5. The van der Waals surface area contributed by atoms with Crippen molar-refractivity contribution in [3.63, 3.8) is 0 Å². The van der Waals surface area contributed by atoms with Crippen molar-refractivity contribution < 1.29 is 23.4 Å². The molecule has 2 unspecified atom stereocenters. The third kappa shape index (κ3) is 3.74. The normalized spacial score (nSPS) is 14.4. The highest BCUT2D eigenvalue weighted by Gasteiger charge is 2.37. The number of aromatic hydroxyl groups is 1. The largest absolute Gasteiger partial charge is 0.508 e. The Morgan fingerprint density at radius 3 is 2.32 bits per heavy atom. The quantitative estimate of drug-likeness (QED) is 0.678. The molecular formula is C19H18ClF3N2O3. The van der Waals surface area contributed by atoms with Gasteiger partial charge in [-0.05, 0) is 35.4 Å². The van der Waals surface area contributed by atoms with Crippen LogP contribution in [0.25, 0.3) is 11.0 Å². The number of rotatable bonds is 4. The predicted octanol–water partition coefficient (Wildman–Crippen LogP) is 4.01. The van der Waals surface area contributed by atoms with Crippen molar-refractivity contribution in [2.45, 2.75) is 24.6 Å². The molecule has 0 bridgehead atoms. The monoisotopic (exact) mass is 414 g/mol. The van der Waals surface area contributed by atoms with Crippen molar-refractivity contribution >= 4 is 22.6 Å². The maximum absolute atomic E-state index is 13.2. The van der Waals surface area contributed by atoms with Crippen molar-refractivity contribution in [3.05, 3.63) is 63.0 Å². The molecule has 0 saturated carbocycles. The number of nitrogens with zero attached hydrogens (tertiary/aromatic N) is 2. The summed E-state index contributed by atoms with van der Waals surface area (Å²) in [6, 6.07) is 8.20. The number of fused-ring (bicyclic) bond motifs is 1. The van der Waals surface area contributed by atoms with Crippen LogP contribution in [-0.2, 0) is 14.1 Å². The number of imidazole rings is 1. The summed E-state index contributed by atoms with van der Waals surface area (Å²) in [6.45, 7) is 0. The van der Waals surface area contributed by atoms with Crippen molar-refractivity contribution in [2.75, 3.05) is 0 Å². The molecule has 0 radical (unpaired) electrons. The molecule has 1 heterocycles. The number of phenols is 1. The summed E-state index contributed by atoms with van der Waals surface area (Å²) in [4.78, 5) is 12.1. The van der Waals surface area contributed by atoms with Crippen LogP contribution in [0.3, 0.4) is 0 Å². The highest BCUT2D eigenvalue weighted by molar-refractivity contribution is 6.31. The van der Waals surface area contributed by atoms with Crippen molar-refractivity contribution in [1.29, 1.82) is 0 Å². The molecule has 150 valence electrons. The fourth-order valence-corrected chi connectivity index (χ4v) is 3.71. The Labute approximate surface area is 163 Å². The Morgan fingerprint density at radius 2 is 1.71 bits per heavy atom. The van der Waals surface area contributed by atoms with Gasteiger partial charge in [-0.1, -0.05) is 23.7 Å². The first kappa shape index (κ1) is 20.3. The lowest BCUT2D eigenvalue weighted by Crippen LogP contribution is -2.20. The van der Waals surface area contributed by atoms with E-state index in [-0.39, 0.29) is 27.6 Å². The van der Waals surface area contributed by atoms with Gasteiger partial charge in [-0.15, -0.1) is 0 Å². The Kier molecular flexibility index (Phi) is 5.20. The van der Waals surface area contributed by atoms with Crippen LogP contribution in [0, 0.1) is 0 Å². The fourth-order valence-electron chi connectivity index (χ4n) is 3.40. The zero-order valence-corrected chi connectivity index (χ0v) is 15.8. The first-order valence-electron chi connectivity index (χ1n) is 8.38. The lowest BCUT2D eigenvalue weighted by molar-refractivity contribution is -0.144. The maximum atomic E-state index is 13.2. The fraction of sp³-hybridized carbons (Fsp3) is 0.316. The molecule has 2 atom stereocenters. The van der Waals surface area contributed by atoms with Gasteiger partial charge in [0.1, 0.15) is 5.75 Å². The van der Waals surface area contributed by atoms with E-state index in [9.17, 15) is 28.2 Å². The molecule has 1 aromatic heterocycles. The third-order valence-corrected chi connectivity index (χ3v) is 5.18. The van der Waals surface area contributed by atoms with Crippen LogP contribution < -0.4 is 5.69 Å². The predicted molar refractivity (Wildman–Crippen MR) is 99.6 cm³/mol. The maximum Gasteiger partial charge on any atom is 0.389 e. The van der Waals surface area contributed by atoms with E-state index >= 15 is 0 Å². The van der Waals surface area contributed by atoms with Crippen LogP contribution >= 0.6 is 11.6 Å². The van der Waals surface area contributed by atoms with Crippen LogP contribution in [0.15, 0.2) is 41.2 Å². The van der Waals surface area contributed by atoms with Gasteiger partial charge in [0.15, 0.2) is 0 Å². The van der Waals surface area contributed by atoms with Gasteiger partial charge >= 0.3 is 11.9 Å². The number of hydrogen-bond acceptors (Lipinski definition) is 3. The molecule has 3 aromatic rings. The molecule has 0 aliphatic rings. The van der Waals surface area contributed by atoms with Crippen LogP contribution in [0.5, 0.6) is 5.75 Å². The molecule has 2 aromatic carbocycles. The molecule has 0 saturated heterocycles.